The number of anilines is 3. The molecule has 0 spiro atoms. The van der Waals surface area contributed by atoms with Gasteiger partial charge in [0.1, 0.15) is 0 Å². The normalized spacial score (nSPS) is 18.2. The first-order valence-corrected chi connectivity index (χ1v) is 5.44. The summed E-state index contributed by atoms with van der Waals surface area (Å²) in [4.78, 5) is 2.36. The van der Waals surface area contributed by atoms with E-state index in [1.165, 1.54) is 11.4 Å². The van der Waals surface area contributed by atoms with Crippen molar-refractivity contribution in [2.24, 2.45) is 0 Å². The molecule has 1 aromatic rings. The maximum Gasteiger partial charge on any atom is 0.0623 e. The van der Waals surface area contributed by atoms with Crippen LogP contribution in [0.1, 0.15) is 20.8 Å². The Kier molecular flexibility index (Phi) is 2.25. The van der Waals surface area contributed by atoms with Crippen LogP contribution in [0.15, 0.2) is 18.2 Å². The highest BCUT2D eigenvalue weighted by atomic mass is 15.2. The van der Waals surface area contributed by atoms with Crippen LogP contribution in [0.4, 0.5) is 17.1 Å². The van der Waals surface area contributed by atoms with Gasteiger partial charge in [-0.3, -0.25) is 0 Å². The number of nitrogens with two attached hydrogens (primary N) is 1. The molecule has 2 rings (SSSR count). The number of nitrogen functional groups attached to an aromatic ring is 1. The van der Waals surface area contributed by atoms with E-state index in [1.807, 2.05) is 12.1 Å². The summed E-state index contributed by atoms with van der Waals surface area (Å²) >= 11 is 0. The van der Waals surface area contributed by atoms with E-state index in [1.54, 1.807) is 0 Å². The largest absolute Gasteiger partial charge is 0.399 e. The number of fused-ring (bicyclic) bond motifs is 1. The van der Waals surface area contributed by atoms with Crippen LogP contribution in [0.2, 0.25) is 0 Å². The van der Waals surface area contributed by atoms with Crippen molar-refractivity contribution in [1.82, 2.24) is 0 Å². The molecule has 0 aliphatic carbocycles. The van der Waals surface area contributed by atoms with Gasteiger partial charge in [-0.15, -0.1) is 0 Å². The van der Waals surface area contributed by atoms with Crippen LogP contribution in [-0.2, 0) is 0 Å². The van der Waals surface area contributed by atoms with E-state index >= 15 is 0 Å². The van der Waals surface area contributed by atoms with Crippen molar-refractivity contribution >= 4 is 17.1 Å². The highest BCUT2D eigenvalue weighted by molar-refractivity contribution is 5.77. The van der Waals surface area contributed by atoms with Crippen LogP contribution in [0.3, 0.4) is 0 Å². The van der Waals surface area contributed by atoms with E-state index < -0.39 is 0 Å². The molecule has 0 radical (unpaired) electrons. The van der Waals surface area contributed by atoms with Crippen molar-refractivity contribution in [1.29, 1.82) is 0 Å². The standard InChI is InChI=1S/C12H19N3/c1-4-15-8-12(2,3)14-10-6-5-9(13)7-11(10)15/h5-7,14H,4,8,13H2,1-3H3. The molecule has 3 nitrogen and oxygen atoms in total. The van der Waals surface area contributed by atoms with Gasteiger partial charge in [-0.05, 0) is 39.0 Å². The van der Waals surface area contributed by atoms with E-state index in [0.717, 1.165) is 18.8 Å². The van der Waals surface area contributed by atoms with Crippen LogP contribution < -0.4 is 16.0 Å². The van der Waals surface area contributed by atoms with Crippen molar-refractivity contribution in [2.45, 2.75) is 26.3 Å². The zero-order valence-corrected chi connectivity index (χ0v) is 9.67. The minimum atomic E-state index is 0.124. The molecule has 1 aromatic carbocycles. The van der Waals surface area contributed by atoms with E-state index in [2.05, 4.69) is 37.1 Å². The van der Waals surface area contributed by atoms with E-state index in [9.17, 15) is 0 Å². The quantitative estimate of drug-likeness (QED) is 0.691. The lowest BCUT2D eigenvalue weighted by Crippen LogP contribution is -2.48. The monoisotopic (exact) mass is 205 g/mol. The Hall–Kier alpha value is -1.38. The summed E-state index contributed by atoms with van der Waals surface area (Å²) in [6.45, 7) is 8.64. The molecule has 0 fully saturated rings. The molecule has 3 heteroatoms. The summed E-state index contributed by atoms with van der Waals surface area (Å²) in [6, 6.07) is 6.05. The fourth-order valence-electron chi connectivity index (χ4n) is 2.16. The molecule has 0 saturated heterocycles. The molecule has 0 aromatic heterocycles. The lowest BCUT2D eigenvalue weighted by atomic mass is 9.99. The van der Waals surface area contributed by atoms with Crippen molar-refractivity contribution in [3.8, 4) is 0 Å². The Balaban J connectivity index is 2.44. The fourth-order valence-corrected chi connectivity index (χ4v) is 2.16. The molecule has 0 saturated carbocycles. The van der Waals surface area contributed by atoms with Gasteiger partial charge < -0.3 is 16.0 Å². The molecule has 0 unspecified atom stereocenters. The minimum Gasteiger partial charge on any atom is -0.399 e. The first kappa shape index (κ1) is 10.1. The summed E-state index contributed by atoms with van der Waals surface area (Å²) in [5.41, 5.74) is 9.17. The molecule has 0 bridgehead atoms. The number of likely N-dealkylation sites (N-methyl/N-ethyl adjacent to an activating group) is 1. The van der Waals surface area contributed by atoms with Crippen molar-refractivity contribution in [2.75, 3.05) is 29.0 Å². The van der Waals surface area contributed by atoms with E-state index in [4.69, 9.17) is 5.73 Å². The van der Waals surface area contributed by atoms with Crippen LogP contribution in [-0.4, -0.2) is 18.6 Å². The number of hydrogen-bond acceptors (Lipinski definition) is 3. The van der Waals surface area contributed by atoms with Crippen molar-refractivity contribution < 1.29 is 0 Å². The van der Waals surface area contributed by atoms with Gasteiger partial charge in [0.15, 0.2) is 0 Å². The fraction of sp³-hybridized carbons (Fsp3) is 0.500. The summed E-state index contributed by atoms with van der Waals surface area (Å²) in [5, 5.41) is 3.53. The van der Waals surface area contributed by atoms with Crippen LogP contribution in [0.25, 0.3) is 0 Å². The second-order valence-corrected chi connectivity index (χ2v) is 4.80. The SMILES string of the molecule is CCN1CC(C)(C)Nc2ccc(N)cc21. The Bertz CT molecular complexity index is 371. The number of hydrogen-bond donors (Lipinski definition) is 2. The number of rotatable bonds is 1. The topological polar surface area (TPSA) is 41.3 Å². The average Bonchev–Trinajstić information content (AvgIpc) is 2.16. The summed E-state index contributed by atoms with van der Waals surface area (Å²) in [6.07, 6.45) is 0. The zero-order chi connectivity index (χ0) is 11.1. The lowest BCUT2D eigenvalue weighted by molar-refractivity contribution is 0.537. The molecule has 0 amide bonds. The third-order valence-electron chi connectivity index (χ3n) is 2.80. The average molecular weight is 205 g/mol. The van der Waals surface area contributed by atoms with Gasteiger partial charge in [0.05, 0.1) is 11.4 Å². The summed E-state index contributed by atoms with van der Waals surface area (Å²) in [7, 11) is 0. The van der Waals surface area contributed by atoms with Crippen molar-refractivity contribution in [3.05, 3.63) is 18.2 Å². The van der Waals surface area contributed by atoms with Gasteiger partial charge in [0, 0.05) is 24.3 Å². The smallest absolute Gasteiger partial charge is 0.0623 e. The summed E-state index contributed by atoms with van der Waals surface area (Å²) in [5.74, 6) is 0. The van der Waals surface area contributed by atoms with Crippen LogP contribution >= 0.6 is 0 Å². The van der Waals surface area contributed by atoms with Gasteiger partial charge >= 0.3 is 0 Å². The highest BCUT2D eigenvalue weighted by Gasteiger charge is 2.28. The molecule has 1 aliphatic heterocycles. The lowest BCUT2D eigenvalue weighted by Gasteiger charge is -2.41. The highest BCUT2D eigenvalue weighted by Crippen LogP contribution is 2.35. The first-order valence-electron chi connectivity index (χ1n) is 5.44. The first-order chi connectivity index (χ1) is 7.02. The maximum absolute atomic E-state index is 5.81. The number of benzene rings is 1. The molecule has 1 heterocycles. The van der Waals surface area contributed by atoms with Gasteiger partial charge in [0.25, 0.3) is 0 Å². The molecule has 15 heavy (non-hydrogen) atoms. The molecule has 0 atom stereocenters. The van der Waals surface area contributed by atoms with Gasteiger partial charge in [-0.2, -0.15) is 0 Å². The molecule has 1 aliphatic rings. The Labute approximate surface area is 91.3 Å². The third kappa shape index (κ3) is 1.87. The Morgan fingerprint density at radius 1 is 1.47 bits per heavy atom. The second kappa shape index (κ2) is 3.33. The summed E-state index contributed by atoms with van der Waals surface area (Å²) < 4.78 is 0. The Morgan fingerprint density at radius 2 is 2.20 bits per heavy atom. The van der Waals surface area contributed by atoms with E-state index in [-0.39, 0.29) is 5.54 Å². The zero-order valence-electron chi connectivity index (χ0n) is 9.67. The predicted octanol–water partition coefficient (Wildman–Crippen LogP) is 2.30. The number of nitrogens with zero attached hydrogens (tertiary/aromatic N) is 1. The van der Waals surface area contributed by atoms with Gasteiger partial charge in [0.2, 0.25) is 0 Å². The second-order valence-electron chi connectivity index (χ2n) is 4.80. The van der Waals surface area contributed by atoms with Gasteiger partial charge in [-0.25, -0.2) is 0 Å². The van der Waals surface area contributed by atoms with Crippen LogP contribution in [0.5, 0.6) is 0 Å². The number of nitrogens with one attached hydrogen (secondary N) is 1. The third-order valence-corrected chi connectivity index (χ3v) is 2.80. The van der Waals surface area contributed by atoms with Gasteiger partial charge in [-0.1, -0.05) is 0 Å². The minimum absolute atomic E-state index is 0.124. The van der Waals surface area contributed by atoms with E-state index in [0.29, 0.717) is 0 Å². The Morgan fingerprint density at radius 3 is 2.87 bits per heavy atom. The van der Waals surface area contributed by atoms with Crippen molar-refractivity contribution in [3.63, 3.8) is 0 Å². The molecule has 82 valence electrons. The molecular weight excluding hydrogens is 186 g/mol. The van der Waals surface area contributed by atoms with Crippen LogP contribution in [0, 0.1) is 0 Å². The maximum atomic E-state index is 5.81. The molecule has 3 N–H and O–H groups in total. The molecular formula is C12H19N3. The predicted molar refractivity (Wildman–Crippen MR) is 66.4 cm³/mol.